The van der Waals surface area contributed by atoms with Crippen LogP contribution in [0.4, 0.5) is 0 Å². The van der Waals surface area contributed by atoms with Gasteiger partial charge in [0.2, 0.25) is 0 Å². The summed E-state index contributed by atoms with van der Waals surface area (Å²) >= 11 is 1.79. The lowest BCUT2D eigenvalue weighted by Gasteiger charge is -2.32. The largest absolute Gasteiger partial charge is 0.356 e. The molecule has 1 aliphatic heterocycles. The van der Waals surface area contributed by atoms with Crippen molar-refractivity contribution < 1.29 is 0 Å². The number of benzene rings is 1. The molecule has 2 atom stereocenters. The van der Waals surface area contributed by atoms with Gasteiger partial charge in [0.25, 0.3) is 0 Å². The SMILES string of the molecule is CCc1nc(CN2CCC(CNC(=NC)NC(C)C(C)c3ccccc3)CC2)cs1. The van der Waals surface area contributed by atoms with Gasteiger partial charge in [-0.1, -0.05) is 44.2 Å². The second-order valence-electron chi connectivity index (χ2n) is 8.39. The molecule has 0 aliphatic carbocycles. The van der Waals surface area contributed by atoms with Crippen molar-refractivity contribution in [3.8, 4) is 0 Å². The van der Waals surface area contributed by atoms with Gasteiger partial charge in [-0.3, -0.25) is 9.89 Å². The third-order valence-electron chi connectivity index (χ3n) is 6.22. The van der Waals surface area contributed by atoms with Crippen LogP contribution in [0.3, 0.4) is 0 Å². The summed E-state index contributed by atoms with van der Waals surface area (Å²) in [6, 6.07) is 11.0. The van der Waals surface area contributed by atoms with Crippen LogP contribution in [0.2, 0.25) is 0 Å². The minimum Gasteiger partial charge on any atom is -0.356 e. The van der Waals surface area contributed by atoms with Crippen molar-refractivity contribution in [2.75, 3.05) is 26.7 Å². The third-order valence-corrected chi connectivity index (χ3v) is 7.26. The molecule has 0 amide bonds. The molecular weight excluding hydrogens is 390 g/mol. The van der Waals surface area contributed by atoms with E-state index in [4.69, 9.17) is 4.98 Å². The van der Waals surface area contributed by atoms with Gasteiger partial charge in [0.15, 0.2) is 5.96 Å². The lowest BCUT2D eigenvalue weighted by atomic mass is 9.94. The minimum absolute atomic E-state index is 0.312. The number of thiazole rings is 1. The molecular formula is C24H37N5S. The van der Waals surface area contributed by atoms with Gasteiger partial charge < -0.3 is 10.6 Å². The maximum absolute atomic E-state index is 4.72. The van der Waals surface area contributed by atoms with Crippen LogP contribution < -0.4 is 10.6 Å². The van der Waals surface area contributed by atoms with Crippen molar-refractivity contribution in [3.63, 3.8) is 0 Å². The lowest BCUT2D eigenvalue weighted by molar-refractivity contribution is 0.176. The molecule has 6 heteroatoms. The molecule has 0 radical (unpaired) electrons. The van der Waals surface area contributed by atoms with Crippen molar-refractivity contribution in [1.82, 2.24) is 20.5 Å². The Bertz CT molecular complexity index is 780. The maximum atomic E-state index is 4.72. The number of piperidine rings is 1. The zero-order valence-corrected chi connectivity index (χ0v) is 19.7. The van der Waals surface area contributed by atoms with Gasteiger partial charge >= 0.3 is 0 Å². The predicted octanol–water partition coefficient (Wildman–Crippen LogP) is 4.27. The van der Waals surface area contributed by atoms with Crippen LogP contribution in [0.1, 0.15) is 55.8 Å². The van der Waals surface area contributed by atoms with Crippen LogP contribution in [-0.2, 0) is 13.0 Å². The number of hydrogen-bond acceptors (Lipinski definition) is 4. The highest BCUT2D eigenvalue weighted by Crippen LogP contribution is 2.20. The first-order valence-electron chi connectivity index (χ1n) is 11.3. The van der Waals surface area contributed by atoms with E-state index in [-0.39, 0.29) is 0 Å². The monoisotopic (exact) mass is 427 g/mol. The van der Waals surface area contributed by atoms with Crippen LogP contribution in [0, 0.1) is 5.92 Å². The lowest BCUT2D eigenvalue weighted by Crippen LogP contribution is -2.46. The molecule has 2 heterocycles. The highest BCUT2D eigenvalue weighted by atomic mass is 32.1. The normalized spacial score (nSPS) is 18.2. The smallest absolute Gasteiger partial charge is 0.191 e. The van der Waals surface area contributed by atoms with E-state index in [9.17, 15) is 0 Å². The average molecular weight is 428 g/mol. The fraction of sp³-hybridized carbons (Fsp3) is 0.583. The van der Waals surface area contributed by atoms with E-state index in [1.165, 1.54) is 29.1 Å². The molecule has 0 saturated carbocycles. The van der Waals surface area contributed by atoms with Crippen molar-refractivity contribution in [2.45, 2.75) is 58.5 Å². The van der Waals surface area contributed by atoms with E-state index in [1.807, 2.05) is 7.05 Å². The van der Waals surface area contributed by atoms with Gasteiger partial charge in [0.05, 0.1) is 10.7 Å². The zero-order chi connectivity index (χ0) is 21.3. The van der Waals surface area contributed by atoms with Gasteiger partial charge in [-0.15, -0.1) is 11.3 Å². The first kappa shape index (κ1) is 22.8. The van der Waals surface area contributed by atoms with Gasteiger partial charge in [-0.2, -0.15) is 0 Å². The summed E-state index contributed by atoms with van der Waals surface area (Å²) in [6.45, 7) is 10.9. The molecule has 0 spiro atoms. The molecule has 5 nitrogen and oxygen atoms in total. The Morgan fingerprint density at radius 3 is 2.60 bits per heavy atom. The van der Waals surface area contributed by atoms with Crippen LogP contribution in [0.5, 0.6) is 0 Å². The summed E-state index contributed by atoms with van der Waals surface area (Å²) in [7, 11) is 1.86. The summed E-state index contributed by atoms with van der Waals surface area (Å²) in [5.41, 5.74) is 2.59. The number of nitrogens with one attached hydrogen (secondary N) is 2. The topological polar surface area (TPSA) is 52.6 Å². The molecule has 1 aliphatic rings. The highest BCUT2D eigenvalue weighted by Gasteiger charge is 2.21. The van der Waals surface area contributed by atoms with Gasteiger partial charge in [-0.05, 0) is 50.8 Å². The van der Waals surface area contributed by atoms with Crippen LogP contribution in [0.25, 0.3) is 0 Å². The average Bonchev–Trinajstić information content (AvgIpc) is 3.25. The number of aryl methyl sites for hydroxylation is 1. The molecule has 2 N–H and O–H groups in total. The third kappa shape index (κ3) is 6.54. The molecule has 2 aromatic rings. The van der Waals surface area contributed by atoms with Gasteiger partial charge in [0.1, 0.15) is 0 Å². The fourth-order valence-corrected chi connectivity index (χ4v) is 4.72. The Hall–Kier alpha value is -1.92. The molecule has 2 unspecified atom stereocenters. The van der Waals surface area contributed by atoms with Crippen molar-refractivity contribution in [2.24, 2.45) is 10.9 Å². The standard InChI is InChI=1S/C24H37N5S/c1-5-23-28-22(17-30-23)16-29-13-11-20(12-14-29)15-26-24(25-4)27-19(3)18(2)21-9-7-6-8-10-21/h6-10,17-20H,5,11-16H2,1-4H3,(H2,25,26,27). The first-order chi connectivity index (χ1) is 14.6. The molecule has 1 aromatic carbocycles. The number of rotatable bonds is 8. The number of aromatic nitrogens is 1. The van der Waals surface area contributed by atoms with E-state index in [0.29, 0.717) is 17.9 Å². The van der Waals surface area contributed by atoms with Crippen molar-refractivity contribution >= 4 is 17.3 Å². The van der Waals surface area contributed by atoms with Crippen LogP contribution in [-0.4, -0.2) is 48.6 Å². The molecule has 1 aromatic heterocycles. The van der Waals surface area contributed by atoms with Gasteiger partial charge in [-0.25, -0.2) is 4.98 Å². The number of aliphatic imine (C=N–C) groups is 1. The van der Waals surface area contributed by atoms with E-state index in [2.05, 4.69) is 77.0 Å². The molecule has 3 rings (SSSR count). The van der Waals surface area contributed by atoms with Crippen molar-refractivity contribution in [1.29, 1.82) is 0 Å². The quantitative estimate of drug-likeness (QED) is 0.488. The second-order valence-corrected chi connectivity index (χ2v) is 9.33. The molecule has 1 fully saturated rings. The summed E-state index contributed by atoms with van der Waals surface area (Å²) < 4.78 is 0. The van der Waals surface area contributed by atoms with E-state index in [0.717, 1.165) is 38.6 Å². The zero-order valence-electron chi connectivity index (χ0n) is 18.9. The van der Waals surface area contributed by atoms with E-state index >= 15 is 0 Å². The molecule has 1 saturated heterocycles. The first-order valence-corrected chi connectivity index (χ1v) is 12.1. The second kappa shape index (κ2) is 11.5. The Labute approximate surface area is 186 Å². The minimum atomic E-state index is 0.312. The predicted molar refractivity (Wildman–Crippen MR) is 128 cm³/mol. The molecule has 0 bridgehead atoms. The Morgan fingerprint density at radius 2 is 1.97 bits per heavy atom. The van der Waals surface area contributed by atoms with Crippen LogP contribution >= 0.6 is 11.3 Å². The number of guanidine groups is 1. The summed E-state index contributed by atoms with van der Waals surface area (Å²) in [5.74, 6) is 2.03. The molecule has 30 heavy (non-hydrogen) atoms. The van der Waals surface area contributed by atoms with E-state index < -0.39 is 0 Å². The summed E-state index contributed by atoms with van der Waals surface area (Å²) in [5, 5.41) is 10.6. The van der Waals surface area contributed by atoms with Crippen molar-refractivity contribution in [3.05, 3.63) is 52.0 Å². The van der Waals surface area contributed by atoms with Gasteiger partial charge in [0, 0.05) is 37.5 Å². The Balaban J connectivity index is 1.39. The Kier molecular flexibility index (Phi) is 8.70. The number of nitrogens with zero attached hydrogens (tertiary/aromatic N) is 3. The molecule has 164 valence electrons. The fourth-order valence-electron chi connectivity index (χ4n) is 3.98. The summed E-state index contributed by atoms with van der Waals surface area (Å²) in [6.07, 6.45) is 3.49. The maximum Gasteiger partial charge on any atom is 0.191 e. The highest BCUT2D eigenvalue weighted by molar-refractivity contribution is 7.09. The number of likely N-dealkylation sites (tertiary alicyclic amines) is 1. The van der Waals surface area contributed by atoms with Crippen LogP contribution in [0.15, 0.2) is 40.7 Å². The summed E-state index contributed by atoms with van der Waals surface area (Å²) in [4.78, 5) is 11.7. The Morgan fingerprint density at radius 1 is 1.23 bits per heavy atom. The van der Waals surface area contributed by atoms with E-state index in [1.54, 1.807) is 11.3 Å². The number of hydrogen-bond donors (Lipinski definition) is 2.